The average Bonchev–Trinajstić information content (AvgIpc) is 2.80. The molecule has 2 aliphatic rings. The van der Waals surface area contributed by atoms with Crippen LogP contribution in [-0.2, 0) is 4.79 Å². The Labute approximate surface area is 199 Å². The molecule has 2 aromatic rings. The maximum atomic E-state index is 13.0. The van der Waals surface area contributed by atoms with Gasteiger partial charge in [0.2, 0.25) is 5.91 Å². The number of piperidine rings is 1. The molecule has 0 bridgehead atoms. The van der Waals surface area contributed by atoms with E-state index in [4.69, 9.17) is 25.8 Å². The number of hydrogen-bond acceptors (Lipinski definition) is 5. The second-order valence-electron chi connectivity index (χ2n) is 8.66. The van der Waals surface area contributed by atoms with Crippen molar-refractivity contribution in [2.24, 2.45) is 0 Å². The first-order valence-corrected chi connectivity index (χ1v) is 11.4. The van der Waals surface area contributed by atoms with Crippen molar-refractivity contribution < 1.29 is 23.8 Å². The molecule has 33 heavy (non-hydrogen) atoms. The van der Waals surface area contributed by atoms with Crippen LogP contribution in [0.15, 0.2) is 30.3 Å². The molecule has 174 valence electrons. The number of nitrogens with zero attached hydrogens (tertiary/aromatic N) is 1. The van der Waals surface area contributed by atoms with Gasteiger partial charge in [0, 0.05) is 37.0 Å². The van der Waals surface area contributed by atoms with Crippen molar-refractivity contribution in [2.45, 2.75) is 38.7 Å². The number of ether oxygens (including phenoxy) is 3. The minimum atomic E-state index is -0.569. The number of methoxy groups -OCH3 is 2. The largest absolute Gasteiger partial charge is 0.493 e. The lowest BCUT2D eigenvalue weighted by Crippen LogP contribution is -2.52. The third-order valence-electron chi connectivity index (χ3n) is 6.54. The lowest BCUT2D eigenvalue weighted by Gasteiger charge is -2.44. The number of carbonyl (C=O) groups excluding carboxylic acids is 2. The van der Waals surface area contributed by atoms with Crippen molar-refractivity contribution in [3.05, 3.63) is 57.6 Å². The lowest BCUT2D eigenvalue weighted by atomic mass is 9.81. The lowest BCUT2D eigenvalue weighted by molar-refractivity contribution is -0.129. The summed E-state index contributed by atoms with van der Waals surface area (Å²) in [6, 6.07) is 7.35. The van der Waals surface area contributed by atoms with Crippen molar-refractivity contribution in [1.29, 1.82) is 0 Å². The average molecular weight is 470 g/mol. The highest BCUT2D eigenvalue weighted by molar-refractivity contribution is 6.32. The number of Topliss-reactive ketones (excluding diaryl/α,β-unsaturated/α-hetero) is 1. The molecule has 0 aliphatic carbocycles. The Hall–Kier alpha value is -2.99. The van der Waals surface area contributed by atoms with E-state index < -0.39 is 5.60 Å². The summed E-state index contributed by atoms with van der Waals surface area (Å²) in [4.78, 5) is 27.5. The van der Waals surface area contributed by atoms with Gasteiger partial charge >= 0.3 is 0 Å². The van der Waals surface area contributed by atoms with Gasteiger partial charge in [0.1, 0.15) is 11.4 Å². The third-order valence-corrected chi connectivity index (χ3v) is 7.13. The topological polar surface area (TPSA) is 65.1 Å². The number of rotatable bonds is 4. The number of likely N-dealkylation sites (tertiary alicyclic amines) is 1. The van der Waals surface area contributed by atoms with Gasteiger partial charge in [-0.25, -0.2) is 0 Å². The zero-order valence-electron chi connectivity index (χ0n) is 19.4. The Morgan fingerprint density at radius 1 is 1.12 bits per heavy atom. The highest BCUT2D eigenvalue weighted by Crippen LogP contribution is 2.43. The molecule has 0 aromatic heterocycles. The van der Waals surface area contributed by atoms with Gasteiger partial charge in [-0.2, -0.15) is 0 Å². The fraction of sp³-hybridized carbons (Fsp3) is 0.385. The summed E-state index contributed by atoms with van der Waals surface area (Å²) < 4.78 is 17.0. The van der Waals surface area contributed by atoms with Crippen molar-refractivity contribution in [2.75, 3.05) is 27.3 Å². The normalized spacial score (nSPS) is 17.1. The molecule has 7 heteroatoms. The van der Waals surface area contributed by atoms with E-state index in [1.54, 1.807) is 37.3 Å². The first kappa shape index (κ1) is 23.2. The van der Waals surface area contributed by atoms with Crippen LogP contribution in [0.5, 0.6) is 17.2 Å². The summed E-state index contributed by atoms with van der Waals surface area (Å²) >= 11 is 6.35. The SMILES string of the molecule is COc1ccc(/C=C/C(=O)N2CCC3(CC2)CC(=O)c2c(cc(C)c(Cl)c2C)O3)cc1OC. The van der Waals surface area contributed by atoms with Gasteiger partial charge in [-0.15, -0.1) is 0 Å². The van der Waals surface area contributed by atoms with Crippen LogP contribution in [-0.4, -0.2) is 49.5 Å². The molecule has 1 spiro atoms. The Balaban J connectivity index is 1.43. The summed E-state index contributed by atoms with van der Waals surface area (Å²) in [6.45, 7) is 4.84. The number of carbonyl (C=O) groups is 2. The Bertz CT molecular complexity index is 1130. The van der Waals surface area contributed by atoms with Gasteiger partial charge < -0.3 is 19.1 Å². The van der Waals surface area contributed by atoms with E-state index in [2.05, 4.69) is 0 Å². The molecule has 1 fully saturated rings. The van der Waals surface area contributed by atoms with E-state index in [9.17, 15) is 9.59 Å². The molecule has 0 radical (unpaired) electrons. The van der Waals surface area contributed by atoms with Crippen LogP contribution in [0.1, 0.15) is 46.3 Å². The molecule has 0 N–H and O–H groups in total. The van der Waals surface area contributed by atoms with E-state index in [0.717, 1.165) is 16.7 Å². The van der Waals surface area contributed by atoms with E-state index in [1.807, 2.05) is 32.0 Å². The molecule has 0 atom stereocenters. The standard InChI is InChI=1S/C26H28ClNO5/c1-16-13-22-24(17(2)25(16)27)19(29)15-26(33-22)9-11-28(12-10-26)23(30)8-6-18-5-7-20(31-3)21(14-18)32-4/h5-8,13-14H,9-12,15H2,1-4H3/b8-6+. The second kappa shape index (κ2) is 9.10. The molecule has 4 rings (SSSR count). The van der Waals surface area contributed by atoms with E-state index in [0.29, 0.717) is 60.2 Å². The minimum Gasteiger partial charge on any atom is -0.493 e. The predicted octanol–water partition coefficient (Wildman–Crippen LogP) is 5.01. The zero-order valence-corrected chi connectivity index (χ0v) is 20.1. The molecule has 2 heterocycles. The van der Waals surface area contributed by atoms with Crippen LogP contribution in [0.2, 0.25) is 5.02 Å². The van der Waals surface area contributed by atoms with Crippen molar-refractivity contribution in [1.82, 2.24) is 4.90 Å². The Morgan fingerprint density at radius 3 is 2.48 bits per heavy atom. The Kier molecular flexibility index (Phi) is 6.39. The monoisotopic (exact) mass is 469 g/mol. The van der Waals surface area contributed by atoms with Gasteiger partial charge in [0.05, 0.1) is 26.2 Å². The van der Waals surface area contributed by atoms with E-state index >= 15 is 0 Å². The summed E-state index contributed by atoms with van der Waals surface area (Å²) in [5.41, 5.74) is 2.54. The van der Waals surface area contributed by atoms with Crippen LogP contribution in [0.4, 0.5) is 0 Å². The first-order valence-electron chi connectivity index (χ1n) is 11.0. The van der Waals surface area contributed by atoms with E-state index in [1.165, 1.54) is 0 Å². The second-order valence-corrected chi connectivity index (χ2v) is 9.04. The highest BCUT2D eigenvalue weighted by atomic mass is 35.5. The number of benzene rings is 2. The van der Waals surface area contributed by atoms with Gasteiger partial charge in [0.15, 0.2) is 17.3 Å². The van der Waals surface area contributed by atoms with Crippen LogP contribution >= 0.6 is 11.6 Å². The fourth-order valence-electron chi connectivity index (χ4n) is 4.64. The van der Waals surface area contributed by atoms with Crippen molar-refractivity contribution >= 4 is 29.4 Å². The molecular formula is C26H28ClNO5. The van der Waals surface area contributed by atoms with Crippen LogP contribution in [0.25, 0.3) is 6.08 Å². The maximum absolute atomic E-state index is 13.0. The number of amides is 1. The molecule has 2 aromatic carbocycles. The van der Waals surface area contributed by atoms with Gasteiger partial charge in [0.25, 0.3) is 0 Å². The molecule has 1 amide bonds. The van der Waals surface area contributed by atoms with Crippen LogP contribution < -0.4 is 14.2 Å². The third kappa shape index (κ3) is 4.44. The van der Waals surface area contributed by atoms with Crippen molar-refractivity contribution in [3.8, 4) is 17.2 Å². The number of fused-ring (bicyclic) bond motifs is 1. The predicted molar refractivity (Wildman–Crippen MR) is 128 cm³/mol. The fourth-order valence-corrected chi connectivity index (χ4v) is 4.79. The number of halogens is 1. The van der Waals surface area contributed by atoms with Crippen LogP contribution in [0.3, 0.4) is 0 Å². The molecule has 1 saturated heterocycles. The molecule has 0 saturated carbocycles. The van der Waals surface area contributed by atoms with E-state index in [-0.39, 0.29) is 11.7 Å². The molecule has 2 aliphatic heterocycles. The summed E-state index contributed by atoms with van der Waals surface area (Å²) in [5.74, 6) is 1.85. The van der Waals surface area contributed by atoms with Crippen LogP contribution in [0, 0.1) is 13.8 Å². The minimum absolute atomic E-state index is 0.0591. The Morgan fingerprint density at radius 2 is 1.82 bits per heavy atom. The first-order chi connectivity index (χ1) is 15.8. The highest BCUT2D eigenvalue weighted by Gasteiger charge is 2.44. The summed E-state index contributed by atoms with van der Waals surface area (Å²) in [7, 11) is 3.16. The zero-order chi connectivity index (χ0) is 23.8. The summed E-state index contributed by atoms with van der Waals surface area (Å²) in [6.07, 6.45) is 4.85. The van der Waals surface area contributed by atoms with Crippen molar-refractivity contribution in [3.63, 3.8) is 0 Å². The number of ketones is 1. The van der Waals surface area contributed by atoms with Gasteiger partial charge in [-0.3, -0.25) is 9.59 Å². The molecule has 6 nitrogen and oxygen atoms in total. The van der Waals surface area contributed by atoms with Gasteiger partial charge in [-0.1, -0.05) is 17.7 Å². The maximum Gasteiger partial charge on any atom is 0.246 e. The molecular weight excluding hydrogens is 442 g/mol. The van der Waals surface area contributed by atoms with Gasteiger partial charge in [-0.05, 0) is 54.8 Å². The molecule has 0 unspecified atom stereocenters. The number of aryl methyl sites for hydroxylation is 1. The smallest absolute Gasteiger partial charge is 0.246 e. The summed E-state index contributed by atoms with van der Waals surface area (Å²) in [5, 5.41) is 0.614. The number of hydrogen-bond donors (Lipinski definition) is 0. The quantitative estimate of drug-likeness (QED) is 0.588.